The van der Waals surface area contributed by atoms with Gasteiger partial charge in [0.2, 0.25) is 0 Å². The quantitative estimate of drug-likeness (QED) is 0.211. The summed E-state index contributed by atoms with van der Waals surface area (Å²) in [6.07, 6.45) is 0. The van der Waals surface area contributed by atoms with Crippen molar-refractivity contribution in [1.29, 1.82) is 0 Å². The number of carbonyl (C=O) groups is 2. The highest BCUT2D eigenvalue weighted by Gasteiger charge is 2.47. The Hall–Kier alpha value is -4.26. The van der Waals surface area contributed by atoms with E-state index >= 15 is 0 Å². The molecule has 1 fully saturated rings. The Bertz CT molecular complexity index is 1540. The molecule has 41 heavy (non-hydrogen) atoms. The van der Waals surface area contributed by atoms with Crippen LogP contribution in [-0.4, -0.2) is 37.1 Å². The fraction of sp³-hybridized carbons (Fsp3) is 0.353. The van der Waals surface area contributed by atoms with Crippen LogP contribution in [0.25, 0.3) is 5.76 Å². The molecule has 2 aliphatic rings. The molecule has 3 aromatic carbocycles. The number of anilines is 1. The number of hydrogen-bond acceptors (Lipinski definition) is 6. The molecule has 214 valence electrons. The summed E-state index contributed by atoms with van der Waals surface area (Å²) in [4.78, 5) is 28.9. The first kappa shape index (κ1) is 28.3. The molecule has 1 saturated heterocycles. The summed E-state index contributed by atoms with van der Waals surface area (Å²) in [5.74, 6) is 0.225. The second kappa shape index (κ2) is 10.6. The van der Waals surface area contributed by atoms with E-state index in [9.17, 15) is 14.7 Å². The van der Waals surface area contributed by atoms with Crippen LogP contribution in [0.2, 0.25) is 0 Å². The molecule has 0 bridgehead atoms. The maximum atomic E-state index is 13.8. The molecule has 1 atom stereocenters. The molecule has 1 N–H and O–H groups in total. The second-order valence-corrected chi connectivity index (χ2v) is 11.9. The molecule has 7 heteroatoms. The van der Waals surface area contributed by atoms with Gasteiger partial charge in [0.15, 0.2) is 11.5 Å². The second-order valence-electron chi connectivity index (χ2n) is 11.9. The lowest BCUT2D eigenvalue weighted by atomic mass is 9.85. The summed E-state index contributed by atoms with van der Waals surface area (Å²) in [5, 5.41) is 11.8. The monoisotopic (exact) mass is 555 g/mol. The molecular formula is C34H37NO6. The van der Waals surface area contributed by atoms with Gasteiger partial charge in [-0.3, -0.25) is 14.5 Å². The zero-order valence-electron chi connectivity index (χ0n) is 24.7. The maximum Gasteiger partial charge on any atom is 0.300 e. The normalized spacial score (nSPS) is 18.2. The van der Waals surface area contributed by atoms with Gasteiger partial charge in [-0.25, -0.2) is 0 Å². The number of amides is 1. The molecule has 0 aliphatic carbocycles. The van der Waals surface area contributed by atoms with E-state index in [1.807, 2.05) is 57.2 Å². The Morgan fingerprint density at radius 2 is 1.63 bits per heavy atom. The van der Waals surface area contributed by atoms with Crippen molar-refractivity contribution in [1.82, 2.24) is 0 Å². The van der Waals surface area contributed by atoms with Crippen LogP contribution in [0.4, 0.5) is 5.69 Å². The Morgan fingerprint density at radius 1 is 0.976 bits per heavy atom. The van der Waals surface area contributed by atoms with Gasteiger partial charge in [-0.15, -0.1) is 0 Å². The van der Waals surface area contributed by atoms with Gasteiger partial charge in [-0.1, -0.05) is 58.9 Å². The van der Waals surface area contributed by atoms with Crippen molar-refractivity contribution in [3.63, 3.8) is 0 Å². The molecule has 5 rings (SSSR count). The minimum Gasteiger partial charge on any atom is -0.507 e. The van der Waals surface area contributed by atoms with E-state index in [-0.39, 0.29) is 22.7 Å². The SMILES string of the molecule is COc1cc(C)c(/C(O)=C2\C(=O)C(=O)N(c3ccc4c(c3)OCCO4)C2c2ccc(C(C)(C)C)cc2)cc1C(C)C. The van der Waals surface area contributed by atoms with Gasteiger partial charge in [0.1, 0.15) is 24.7 Å². The summed E-state index contributed by atoms with van der Waals surface area (Å²) < 4.78 is 17.0. The smallest absolute Gasteiger partial charge is 0.300 e. The molecular weight excluding hydrogens is 518 g/mol. The van der Waals surface area contributed by atoms with Crippen LogP contribution < -0.4 is 19.1 Å². The predicted octanol–water partition coefficient (Wildman–Crippen LogP) is 6.82. The van der Waals surface area contributed by atoms with Crippen molar-refractivity contribution in [3.8, 4) is 17.2 Å². The van der Waals surface area contributed by atoms with Crippen LogP contribution >= 0.6 is 0 Å². The van der Waals surface area contributed by atoms with Crippen LogP contribution in [-0.2, 0) is 15.0 Å². The third kappa shape index (κ3) is 5.05. The lowest BCUT2D eigenvalue weighted by Crippen LogP contribution is -2.29. The highest BCUT2D eigenvalue weighted by Crippen LogP contribution is 2.45. The molecule has 2 aliphatic heterocycles. The van der Waals surface area contributed by atoms with E-state index in [0.717, 1.165) is 16.7 Å². The number of benzene rings is 3. The van der Waals surface area contributed by atoms with Crippen molar-refractivity contribution >= 4 is 23.1 Å². The number of fused-ring (bicyclic) bond motifs is 1. The molecule has 0 radical (unpaired) electrons. The predicted molar refractivity (Wildman–Crippen MR) is 159 cm³/mol. The van der Waals surface area contributed by atoms with E-state index in [0.29, 0.717) is 47.3 Å². The van der Waals surface area contributed by atoms with E-state index in [1.165, 1.54) is 4.90 Å². The average Bonchev–Trinajstić information content (AvgIpc) is 3.21. The van der Waals surface area contributed by atoms with Crippen molar-refractivity contribution in [3.05, 3.63) is 88.0 Å². The highest BCUT2D eigenvalue weighted by atomic mass is 16.6. The first-order valence-corrected chi connectivity index (χ1v) is 13.9. The van der Waals surface area contributed by atoms with Gasteiger partial charge >= 0.3 is 0 Å². The maximum absolute atomic E-state index is 13.8. The minimum absolute atomic E-state index is 0.0383. The standard InChI is InChI=1S/C34H37NO6/c1-19(2)24-18-25(20(3)16-27(24)39-7)31(36)29-30(21-8-10-22(11-9-21)34(4,5)6)35(33(38)32(29)37)23-12-13-26-28(17-23)41-15-14-40-26/h8-13,16-19,30,36H,14-15H2,1-7H3/b31-29+. The van der Waals surface area contributed by atoms with E-state index < -0.39 is 17.7 Å². The third-order valence-electron chi connectivity index (χ3n) is 7.79. The number of ether oxygens (including phenoxy) is 3. The molecule has 0 spiro atoms. The summed E-state index contributed by atoms with van der Waals surface area (Å²) >= 11 is 0. The lowest BCUT2D eigenvalue weighted by molar-refractivity contribution is -0.132. The van der Waals surface area contributed by atoms with Gasteiger partial charge in [0, 0.05) is 17.3 Å². The van der Waals surface area contributed by atoms with Crippen LogP contribution in [0.1, 0.15) is 74.4 Å². The van der Waals surface area contributed by atoms with Gasteiger partial charge in [0.25, 0.3) is 11.7 Å². The fourth-order valence-electron chi connectivity index (χ4n) is 5.49. The van der Waals surface area contributed by atoms with Gasteiger partial charge in [-0.05, 0) is 64.8 Å². The number of hydrogen-bond donors (Lipinski definition) is 1. The number of rotatable bonds is 5. The summed E-state index contributed by atoms with van der Waals surface area (Å²) in [6, 6.07) is 15.9. The van der Waals surface area contributed by atoms with Gasteiger partial charge in [-0.2, -0.15) is 0 Å². The Balaban J connectivity index is 1.73. The molecule has 1 unspecified atom stereocenters. The Labute approximate surface area is 241 Å². The Kier molecular flexibility index (Phi) is 7.32. The number of aryl methyl sites for hydroxylation is 1. The van der Waals surface area contributed by atoms with Crippen molar-refractivity contribution in [2.75, 3.05) is 25.2 Å². The first-order chi connectivity index (χ1) is 19.4. The number of carbonyl (C=O) groups excluding carboxylic acids is 2. The molecule has 2 heterocycles. The number of nitrogens with zero attached hydrogens (tertiary/aromatic N) is 1. The first-order valence-electron chi connectivity index (χ1n) is 13.9. The third-order valence-corrected chi connectivity index (χ3v) is 7.79. The topological polar surface area (TPSA) is 85.3 Å². The Morgan fingerprint density at radius 3 is 2.24 bits per heavy atom. The van der Waals surface area contributed by atoms with Gasteiger partial charge in [0.05, 0.1) is 18.7 Å². The highest BCUT2D eigenvalue weighted by molar-refractivity contribution is 6.51. The number of aliphatic hydroxyl groups is 1. The van der Waals surface area contributed by atoms with Crippen LogP contribution in [0, 0.1) is 6.92 Å². The van der Waals surface area contributed by atoms with Crippen LogP contribution in [0.5, 0.6) is 17.2 Å². The summed E-state index contributed by atoms with van der Waals surface area (Å²) in [6.45, 7) is 13.1. The lowest BCUT2D eigenvalue weighted by Gasteiger charge is -2.28. The minimum atomic E-state index is -0.851. The average molecular weight is 556 g/mol. The van der Waals surface area contributed by atoms with E-state index in [1.54, 1.807) is 25.3 Å². The number of methoxy groups -OCH3 is 1. The summed E-state index contributed by atoms with van der Waals surface area (Å²) in [7, 11) is 1.61. The number of ketones is 1. The number of aliphatic hydroxyl groups excluding tert-OH is 1. The molecule has 1 amide bonds. The van der Waals surface area contributed by atoms with Gasteiger partial charge < -0.3 is 19.3 Å². The molecule has 0 saturated carbocycles. The number of Topliss-reactive ketones (excluding diaryl/α,β-unsaturated/α-hetero) is 1. The van der Waals surface area contributed by atoms with Crippen molar-refractivity contribution in [2.45, 2.75) is 58.9 Å². The van der Waals surface area contributed by atoms with Crippen molar-refractivity contribution in [2.24, 2.45) is 0 Å². The molecule has 7 nitrogen and oxygen atoms in total. The van der Waals surface area contributed by atoms with Crippen molar-refractivity contribution < 1.29 is 28.9 Å². The zero-order valence-corrected chi connectivity index (χ0v) is 24.7. The summed E-state index contributed by atoms with van der Waals surface area (Å²) in [5.41, 5.74) is 4.39. The zero-order chi connectivity index (χ0) is 29.6. The van der Waals surface area contributed by atoms with E-state index in [4.69, 9.17) is 14.2 Å². The largest absolute Gasteiger partial charge is 0.507 e. The molecule has 0 aromatic heterocycles. The fourth-order valence-corrected chi connectivity index (χ4v) is 5.49. The van der Waals surface area contributed by atoms with Crippen LogP contribution in [0.3, 0.4) is 0 Å². The van der Waals surface area contributed by atoms with E-state index in [2.05, 4.69) is 20.8 Å². The molecule has 3 aromatic rings. The van der Waals surface area contributed by atoms with Crippen LogP contribution in [0.15, 0.2) is 60.2 Å².